The first kappa shape index (κ1) is 13.4. The number of aromatic nitrogens is 1. The Hall–Kier alpha value is -2.08. The van der Waals surface area contributed by atoms with Crippen molar-refractivity contribution >= 4 is 22.4 Å². The van der Waals surface area contributed by atoms with E-state index in [0.29, 0.717) is 10.8 Å². The number of carbonyl (C=O) groups is 1. The summed E-state index contributed by atoms with van der Waals surface area (Å²) in [5.74, 6) is 0.499. The molecule has 2 aromatic rings. The Bertz CT molecular complexity index is 583. The first-order valence-corrected chi connectivity index (χ1v) is 6.64. The number of hydrogen-bond donors (Lipinski definition) is 2. The molecule has 0 radical (unpaired) electrons. The van der Waals surface area contributed by atoms with E-state index >= 15 is 0 Å². The van der Waals surface area contributed by atoms with Crippen molar-refractivity contribution in [2.24, 2.45) is 0 Å². The maximum atomic E-state index is 12.0. The number of hydrogen-bond acceptors (Lipinski definition) is 5. The van der Waals surface area contributed by atoms with Crippen molar-refractivity contribution < 1.29 is 9.53 Å². The van der Waals surface area contributed by atoms with Gasteiger partial charge in [-0.15, -0.1) is 11.3 Å². The van der Waals surface area contributed by atoms with Crippen molar-refractivity contribution in [2.75, 3.05) is 12.8 Å². The molecule has 1 aromatic heterocycles. The molecule has 0 aliphatic heterocycles. The van der Waals surface area contributed by atoms with E-state index < -0.39 is 0 Å². The van der Waals surface area contributed by atoms with E-state index in [1.54, 1.807) is 12.5 Å². The Kier molecular flexibility index (Phi) is 4.01. The number of methoxy groups -OCH3 is 1. The Morgan fingerprint density at radius 2 is 2.21 bits per heavy atom. The van der Waals surface area contributed by atoms with Crippen molar-refractivity contribution in [3.05, 3.63) is 40.9 Å². The summed E-state index contributed by atoms with van der Waals surface area (Å²) in [7, 11) is 1.61. The van der Waals surface area contributed by atoms with Gasteiger partial charge in [0.2, 0.25) is 0 Å². The fourth-order valence-electron chi connectivity index (χ4n) is 1.76. The number of nitrogens with one attached hydrogen (secondary N) is 1. The molecule has 0 aliphatic carbocycles. The third-order valence-corrected chi connectivity index (χ3v) is 3.38. The molecule has 0 unspecified atom stereocenters. The molecule has 0 saturated carbocycles. The number of nitrogens with zero attached hydrogens (tertiary/aromatic N) is 1. The quantitative estimate of drug-likeness (QED) is 0.898. The largest absolute Gasteiger partial charge is 0.496 e. The van der Waals surface area contributed by atoms with Gasteiger partial charge < -0.3 is 15.8 Å². The Morgan fingerprint density at radius 3 is 2.84 bits per heavy atom. The molecular formula is C13H15N3O2S. The molecule has 5 nitrogen and oxygen atoms in total. The van der Waals surface area contributed by atoms with Crippen LogP contribution in [0.25, 0.3) is 0 Å². The Morgan fingerprint density at radius 1 is 1.47 bits per heavy atom. The van der Waals surface area contributed by atoms with Crippen LogP contribution < -0.4 is 15.8 Å². The predicted octanol–water partition coefficient (Wildman–Crippen LogP) is 2.22. The van der Waals surface area contributed by atoms with Crippen LogP contribution in [0.5, 0.6) is 5.75 Å². The van der Waals surface area contributed by atoms with Crippen LogP contribution in [0, 0.1) is 0 Å². The first-order chi connectivity index (χ1) is 9.11. The molecule has 6 heteroatoms. The van der Waals surface area contributed by atoms with E-state index in [-0.39, 0.29) is 11.9 Å². The van der Waals surface area contributed by atoms with Crippen LogP contribution in [0.4, 0.5) is 5.13 Å². The van der Waals surface area contributed by atoms with Gasteiger partial charge in [-0.2, -0.15) is 0 Å². The summed E-state index contributed by atoms with van der Waals surface area (Å²) in [6.07, 6.45) is 0. The number of amides is 1. The van der Waals surface area contributed by atoms with Crippen LogP contribution in [0.2, 0.25) is 0 Å². The molecule has 0 bridgehead atoms. The van der Waals surface area contributed by atoms with Crippen molar-refractivity contribution in [1.82, 2.24) is 10.3 Å². The third-order valence-electron chi connectivity index (χ3n) is 2.71. The number of anilines is 1. The van der Waals surface area contributed by atoms with Gasteiger partial charge in [-0.1, -0.05) is 18.2 Å². The Balaban J connectivity index is 2.12. The number of nitrogen functional groups attached to an aromatic ring is 1. The van der Waals surface area contributed by atoms with Gasteiger partial charge >= 0.3 is 0 Å². The number of carbonyl (C=O) groups excluding carboxylic acids is 1. The van der Waals surface area contributed by atoms with Crippen LogP contribution in [-0.4, -0.2) is 18.0 Å². The highest BCUT2D eigenvalue weighted by atomic mass is 32.1. The minimum absolute atomic E-state index is 0.174. The summed E-state index contributed by atoms with van der Waals surface area (Å²) >= 11 is 1.24. The molecule has 100 valence electrons. The minimum atomic E-state index is -0.244. The van der Waals surface area contributed by atoms with Crippen LogP contribution in [0.15, 0.2) is 29.6 Å². The monoisotopic (exact) mass is 277 g/mol. The molecule has 1 aromatic carbocycles. The molecule has 19 heavy (non-hydrogen) atoms. The fourth-order valence-corrected chi connectivity index (χ4v) is 2.31. The highest BCUT2D eigenvalue weighted by Gasteiger charge is 2.16. The molecule has 1 atom stereocenters. The predicted molar refractivity (Wildman–Crippen MR) is 75.4 cm³/mol. The standard InChI is InChI=1S/C13H15N3O2S/c1-8(9-5-3-4-6-11(9)18-2)15-12(17)10-7-19-13(14)16-10/h3-8H,1-2H3,(H2,14,16)(H,15,17)/t8-/m1/s1. The lowest BCUT2D eigenvalue weighted by Gasteiger charge is -2.16. The summed E-state index contributed by atoms with van der Waals surface area (Å²) < 4.78 is 5.27. The summed E-state index contributed by atoms with van der Waals surface area (Å²) in [6.45, 7) is 1.89. The second-order valence-electron chi connectivity index (χ2n) is 4.01. The van der Waals surface area contributed by atoms with E-state index in [9.17, 15) is 4.79 Å². The third kappa shape index (κ3) is 3.03. The lowest BCUT2D eigenvalue weighted by Crippen LogP contribution is -2.27. The molecule has 0 aliphatic rings. The maximum absolute atomic E-state index is 12.0. The van der Waals surface area contributed by atoms with Gasteiger partial charge in [0.15, 0.2) is 5.13 Å². The molecule has 3 N–H and O–H groups in total. The van der Waals surface area contributed by atoms with Crippen molar-refractivity contribution in [1.29, 1.82) is 0 Å². The molecule has 0 saturated heterocycles. The zero-order valence-electron chi connectivity index (χ0n) is 10.7. The summed E-state index contributed by atoms with van der Waals surface area (Å²) in [5.41, 5.74) is 6.77. The second kappa shape index (κ2) is 5.71. The maximum Gasteiger partial charge on any atom is 0.271 e. The number of rotatable bonds is 4. The smallest absolute Gasteiger partial charge is 0.271 e. The van der Waals surface area contributed by atoms with Gasteiger partial charge in [0.1, 0.15) is 11.4 Å². The zero-order valence-corrected chi connectivity index (χ0v) is 11.5. The zero-order chi connectivity index (χ0) is 13.8. The number of nitrogens with two attached hydrogens (primary N) is 1. The Labute approximate surface area is 115 Å². The average Bonchev–Trinajstić information content (AvgIpc) is 2.85. The van der Waals surface area contributed by atoms with E-state index in [1.165, 1.54) is 11.3 Å². The molecular weight excluding hydrogens is 262 g/mol. The van der Waals surface area contributed by atoms with Gasteiger partial charge in [0.25, 0.3) is 5.91 Å². The van der Waals surface area contributed by atoms with Crippen molar-refractivity contribution in [2.45, 2.75) is 13.0 Å². The van der Waals surface area contributed by atoms with Gasteiger partial charge in [-0.05, 0) is 13.0 Å². The number of benzene rings is 1. The molecule has 1 heterocycles. The van der Waals surface area contributed by atoms with Crippen molar-refractivity contribution in [3.63, 3.8) is 0 Å². The molecule has 0 fully saturated rings. The fraction of sp³-hybridized carbons (Fsp3) is 0.231. The lowest BCUT2D eigenvalue weighted by molar-refractivity contribution is 0.0935. The second-order valence-corrected chi connectivity index (χ2v) is 4.90. The first-order valence-electron chi connectivity index (χ1n) is 5.76. The summed E-state index contributed by atoms with van der Waals surface area (Å²) in [5, 5.41) is 4.89. The number of para-hydroxylation sites is 1. The topological polar surface area (TPSA) is 77.2 Å². The van der Waals surface area contributed by atoms with Crippen LogP contribution in [0.1, 0.15) is 29.0 Å². The molecule has 2 rings (SSSR count). The molecule has 0 spiro atoms. The van der Waals surface area contributed by atoms with Crippen molar-refractivity contribution in [3.8, 4) is 5.75 Å². The molecule has 1 amide bonds. The van der Waals surface area contributed by atoms with Gasteiger partial charge in [-0.25, -0.2) is 4.98 Å². The van der Waals surface area contributed by atoms with Gasteiger partial charge in [0, 0.05) is 10.9 Å². The van der Waals surface area contributed by atoms with E-state index in [0.717, 1.165) is 11.3 Å². The highest BCUT2D eigenvalue weighted by Crippen LogP contribution is 2.24. The van der Waals surface area contributed by atoms with E-state index in [2.05, 4.69) is 10.3 Å². The minimum Gasteiger partial charge on any atom is -0.496 e. The van der Waals surface area contributed by atoms with Crippen LogP contribution in [0.3, 0.4) is 0 Å². The number of thiazole rings is 1. The highest BCUT2D eigenvalue weighted by molar-refractivity contribution is 7.13. The lowest BCUT2D eigenvalue weighted by atomic mass is 10.1. The van der Waals surface area contributed by atoms with E-state index in [4.69, 9.17) is 10.5 Å². The SMILES string of the molecule is COc1ccccc1[C@@H](C)NC(=O)c1csc(N)n1. The van der Waals surface area contributed by atoms with Crippen LogP contribution >= 0.6 is 11.3 Å². The van der Waals surface area contributed by atoms with Gasteiger partial charge in [0.05, 0.1) is 13.2 Å². The van der Waals surface area contributed by atoms with E-state index in [1.807, 2.05) is 31.2 Å². The summed E-state index contributed by atoms with van der Waals surface area (Å²) in [4.78, 5) is 15.9. The van der Waals surface area contributed by atoms with Gasteiger partial charge in [-0.3, -0.25) is 4.79 Å². The normalized spacial score (nSPS) is 11.9. The summed E-state index contributed by atoms with van der Waals surface area (Å²) in [6, 6.07) is 7.39. The van der Waals surface area contributed by atoms with Crippen LogP contribution in [-0.2, 0) is 0 Å². The number of ether oxygens (including phenoxy) is 1. The average molecular weight is 277 g/mol.